The molecule has 0 amide bonds. The standard InChI is InChI=1S/C10H15N3S/c1-8-7-14-5-4-13(8)10-3-2-9(11)6-12-10/h2-3,6,8H,4-5,7,11H2,1H3. The maximum absolute atomic E-state index is 5.61. The summed E-state index contributed by atoms with van der Waals surface area (Å²) in [5.74, 6) is 3.43. The summed E-state index contributed by atoms with van der Waals surface area (Å²) in [5.41, 5.74) is 6.34. The van der Waals surface area contributed by atoms with Gasteiger partial charge in [-0.3, -0.25) is 0 Å². The lowest BCUT2D eigenvalue weighted by atomic mass is 10.3. The summed E-state index contributed by atoms with van der Waals surface area (Å²) in [6.07, 6.45) is 1.73. The van der Waals surface area contributed by atoms with Gasteiger partial charge in [0, 0.05) is 24.1 Å². The van der Waals surface area contributed by atoms with Gasteiger partial charge in [-0.05, 0) is 19.1 Å². The molecule has 3 nitrogen and oxygen atoms in total. The molecule has 1 aliphatic heterocycles. The van der Waals surface area contributed by atoms with Crippen molar-refractivity contribution in [2.75, 3.05) is 28.7 Å². The maximum Gasteiger partial charge on any atom is 0.128 e. The monoisotopic (exact) mass is 209 g/mol. The average Bonchev–Trinajstić information content (AvgIpc) is 2.20. The van der Waals surface area contributed by atoms with Crippen molar-refractivity contribution in [3.05, 3.63) is 18.3 Å². The van der Waals surface area contributed by atoms with E-state index in [1.807, 2.05) is 23.9 Å². The van der Waals surface area contributed by atoms with Crippen molar-refractivity contribution in [2.24, 2.45) is 0 Å². The van der Waals surface area contributed by atoms with Crippen molar-refractivity contribution in [1.29, 1.82) is 0 Å². The second kappa shape index (κ2) is 4.09. The predicted molar refractivity (Wildman–Crippen MR) is 62.8 cm³/mol. The van der Waals surface area contributed by atoms with Crippen LogP contribution in [0.25, 0.3) is 0 Å². The molecule has 76 valence electrons. The summed E-state index contributed by atoms with van der Waals surface area (Å²) in [6, 6.07) is 4.49. The lowest BCUT2D eigenvalue weighted by molar-refractivity contribution is 0.690. The summed E-state index contributed by atoms with van der Waals surface area (Å²) in [5, 5.41) is 0. The van der Waals surface area contributed by atoms with Crippen LogP contribution in [0.15, 0.2) is 18.3 Å². The van der Waals surface area contributed by atoms with E-state index in [1.54, 1.807) is 6.20 Å². The van der Waals surface area contributed by atoms with Gasteiger partial charge in [0.05, 0.1) is 11.9 Å². The Morgan fingerprint density at radius 3 is 3.07 bits per heavy atom. The zero-order valence-electron chi connectivity index (χ0n) is 8.31. The average molecular weight is 209 g/mol. The molecular weight excluding hydrogens is 194 g/mol. The first-order valence-electron chi connectivity index (χ1n) is 4.83. The third kappa shape index (κ3) is 1.95. The zero-order chi connectivity index (χ0) is 9.97. The first-order valence-corrected chi connectivity index (χ1v) is 5.99. The second-order valence-electron chi connectivity index (χ2n) is 3.57. The summed E-state index contributed by atoms with van der Waals surface area (Å²) < 4.78 is 0. The molecule has 1 aromatic rings. The van der Waals surface area contributed by atoms with Crippen LogP contribution in [-0.4, -0.2) is 29.1 Å². The molecule has 0 spiro atoms. The van der Waals surface area contributed by atoms with Gasteiger partial charge >= 0.3 is 0 Å². The third-order valence-corrected chi connectivity index (χ3v) is 3.62. The normalized spacial score (nSPS) is 22.4. The number of hydrogen-bond acceptors (Lipinski definition) is 4. The van der Waals surface area contributed by atoms with Crippen LogP contribution in [0.1, 0.15) is 6.92 Å². The van der Waals surface area contributed by atoms with Crippen molar-refractivity contribution >= 4 is 23.3 Å². The molecule has 1 aliphatic rings. The molecule has 1 fully saturated rings. The minimum atomic E-state index is 0.574. The van der Waals surface area contributed by atoms with Crippen LogP contribution in [0.4, 0.5) is 11.5 Å². The Balaban J connectivity index is 2.16. The van der Waals surface area contributed by atoms with Crippen molar-refractivity contribution < 1.29 is 0 Å². The fraction of sp³-hybridized carbons (Fsp3) is 0.500. The quantitative estimate of drug-likeness (QED) is 0.763. The van der Waals surface area contributed by atoms with E-state index in [0.29, 0.717) is 6.04 Å². The first-order chi connectivity index (χ1) is 6.77. The number of pyridine rings is 1. The highest BCUT2D eigenvalue weighted by atomic mass is 32.2. The molecule has 0 radical (unpaired) electrons. The van der Waals surface area contributed by atoms with E-state index in [4.69, 9.17) is 5.73 Å². The number of thioether (sulfide) groups is 1. The Kier molecular flexibility index (Phi) is 2.82. The summed E-state index contributed by atoms with van der Waals surface area (Å²) in [6.45, 7) is 3.33. The van der Waals surface area contributed by atoms with Gasteiger partial charge in [0.2, 0.25) is 0 Å². The van der Waals surface area contributed by atoms with E-state index < -0.39 is 0 Å². The molecule has 1 aromatic heterocycles. The van der Waals surface area contributed by atoms with E-state index in [9.17, 15) is 0 Å². The lowest BCUT2D eigenvalue weighted by Crippen LogP contribution is -2.40. The number of rotatable bonds is 1. The molecule has 0 bridgehead atoms. The molecule has 4 heteroatoms. The lowest BCUT2D eigenvalue weighted by Gasteiger charge is -2.33. The van der Waals surface area contributed by atoms with Crippen LogP contribution in [-0.2, 0) is 0 Å². The molecule has 0 aromatic carbocycles. The fourth-order valence-corrected chi connectivity index (χ4v) is 2.65. The van der Waals surface area contributed by atoms with E-state index in [1.165, 1.54) is 11.5 Å². The summed E-state index contributed by atoms with van der Waals surface area (Å²) >= 11 is 2.01. The minimum Gasteiger partial charge on any atom is -0.397 e. The molecule has 0 saturated carbocycles. The van der Waals surface area contributed by atoms with Gasteiger partial charge in [0.1, 0.15) is 5.82 Å². The van der Waals surface area contributed by atoms with Gasteiger partial charge in [-0.1, -0.05) is 0 Å². The highest BCUT2D eigenvalue weighted by Gasteiger charge is 2.19. The Bertz CT molecular complexity index is 299. The topological polar surface area (TPSA) is 42.1 Å². The number of hydrogen-bond donors (Lipinski definition) is 1. The van der Waals surface area contributed by atoms with Crippen LogP contribution >= 0.6 is 11.8 Å². The molecule has 1 atom stereocenters. The smallest absolute Gasteiger partial charge is 0.128 e. The minimum absolute atomic E-state index is 0.574. The molecule has 2 N–H and O–H groups in total. The number of nitrogens with two attached hydrogens (primary N) is 1. The van der Waals surface area contributed by atoms with Crippen molar-refractivity contribution in [2.45, 2.75) is 13.0 Å². The third-order valence-electron chi connectivity index (χ3n) is 2.43. The Morgan fingerprint density at radius 1 is 1.57 bits per heavy atom. The largest absolute Gasteiger partial charge is 0.397 e. The van der Waals surface area contributed by atoms with Crippen LogP contribution in [0, 0.1) is 0 Å². The van der Waals surface area contributed by atoms with E-state index >= 15 is 0 Å². The molecule has 2 rings (SSSR count). The maximum atomic E-state index is 5.61. The van der Waals surface area contributed by atoms with E-state index in [-0.39, 0.29) is 0 Å². The summed E-state index contributed by atoms with van der Waals surface area (Å²) in [7, 11) is 0. The summed E-state index contributed by atoms with van der Waals surface area (Å²) in [4.78, 5) is 6.69. The van der Waals surface area contributed by atoms with Gasteiger partial charge in [-0.2, -0.15) is 11.8 Å². The van der Waals surface area contributed by atoms with Crippen molar-refractivity contribution in [1.82, 2.24) is 4.98 Å². The highest BCUT2D eigenvalue weighted by molar-refractivity contribution is 7.99. The highest BCUT2D eigenvalue weighted by Crippen LogP contribution is 2.22. The van der Waals surface area contributed by atoms with Gasteiger partial charge in [-0.25, -0.2) is 4.98 Å². The Morgan fingerprint density at radius 2 is 2.43 bits per heavy atom. The first kappa shape index (κ1) is 9.65. The molecular formula is C10H15N3S. The Labute approximate surface area is 88.7 Å². The molecule has 1 unspecified atom stereocenters. The predicted octanol–water partition coefficient (Wildman–Crippen LogP) is 1.61. The van der Waals surface area contributed by atoms with Gasteiger partial charge in [-0.15, -0.1) is 0 Å². The van der Waals surface area contributed by atoms with Crippen LogP contribution < -0.4 is 10.6 Å². The van der Waals surface area contributed by atoms with Crippen molar-refractivity contribution in [3.63, 3.8) is 0 Å². The number of aromatic nitrogens is 1. The zero-order valence-corrected chi connectivity index (χ0v) is 9.13. The fourth-order valence-electron chi connectivity index (χ4n) is 1.63. The SMILES string of the molecule is CC1CSCCN1c1ccc(N)cn1. The number of nitrogen functional groups attached to an aromatic ring is 1. The second-order valence-corrected chi connectivity index (χ2v) is 4.72. The van der Waals surface area contributed by atoms with Gasteiger partial charge < -0.3 is 10.6 Å². The van der Waals surface area contributed by atoms with E-state index in [0.717, 1.165) is 18.1 Å². The molecule has 14 heavy (non-hydrogen) atoms. The molecule has 1 saturated heterocycles. The van der Waals surface area contributed by atoms with Gasteiger partial charge in [0.15, 0.2) is 0 Å². The van der Waals surface area contributed by atoms with Crippen molar-refractivity contribution in [3.8, 4) is 0 Å². The van der Waals surface area contributed by atoms with Gasteiger partial charge in [0.25, 0.3) is 0 Å². The van der Waals surface area contributed by atoms with Crippen LogP contribution in [0.3, 0.4) is 0 Å². The number of anilines is 2. The van der Waals surface area contributed by atoms with Crippen LogP contribution in [0.5, 0.6) is 0 Å². The Hall–Kier alpha value is -0.900. The molecule has 2 heterocycles. The molecule has 0 aliphatic carbocycles. The number of nitrogens with zero attached hydrogens (tertiary/aromatic N) is 2. The van der Waals surface area contributed by atoms with E-state index in [2.05, 4.69) is 16.8 Å². The van der Waals surface area contributed by atoms with Crippen LogP contribution in [0.2, 0.25) is 0 Å².